The summed E-state index contributed by atoms with van der Waals surface area (Å²) in [5.41, 5.74) is 0. The minimum atomic E-state index is -0.872. The Kier molecular flexibility index (Phi) is 7.11. The maximum atomic E-state index is 5.83. The SMILES string of the molecule is Brc1ccc(OC(Br)(Br)C(Br)(Br)Br)c(Br)c1Br. The first-order chi connectivity index (χ1) is 7.56. The number of benzene rings is 1. The molecule has 0 saturated heterocycles. The monoisotopic (exact) mass is 745 g/mol. The predicted molar refractivity (Wildman–Crippen MR) is 100 cm³/mol. The van der Waals surface area contributed by atoms with E-state index in [0.717, 1.165) is 13.4 Å². The number of rotatable bonds is 2. The smallest absolute Gasteiger partial charge is 0.252 e. The molecule has 0 N–H and O–H groups in total. The van der Waals surface area contributed by atoms with Gasteiger partial charge in [0.2, 0.25) is 0 Å². The van der Waals surface area contributed by atoms with Crippen LogP contribution in [0.3, 0.4) is 0 Å². The van der Waals surface area contributed by atoms with Crippen molar-refractivity contribution in [1.29, 1.82) is 0 Å². The summed E-state index contributed by atoms with van der Waals surface area (Å²) >= 11 is 27.4. The van der Waals surface area contributed by atoms with E-state index in [1.54, 1.807) is 0 Å². The molecule has 1 aromatic carbocycles. The van der Waals surface area contributed by atoms with Crippen LogP contribution in [0.15, 0.2) is 25.6 Å². The lowest BCUT2D eigenvalue weighted by Crippen LogP contribution is -2.34. The second-order valence-electron chi connectivity index (χ2n) is 2.79. The fourth-order valence-corrected chi connectivity index (χ4v) is 2.73. The summed E-state index contributed by atoms with van der Waals surface area (Å²) in [4.78, 5) is 0. The normalized spacial score (nSPS) is 12.7. The van der Waals surface area contributed by atoms with Gasteiger partial charge in [0.1, 0.15) is 5.75 Å². The molecule has 0 radical (unpaired) electrons. The maximum absolute atomic E-state index is 5.83. The zero-order valence-corrected chi connectivity index (χ0v) is 20.3. The van der Waals surface area contributed by atoms with Gasteiger partial charge in [0.05, 0.1) is 4.47 Å². The molecule has 0 atom stereocenters. The quantitative estimate of drug-likeness (QED) is 0.223. The van der Waals surface area contributed by atoms with Crippen molar-refractivity contribution in [1.82, 2.24) is 0 Å². The van der Waals surface area contributed by atoms with Crippen LogP contribution < -0.4 is 4.74 Å². The third kappa shape index (κ3) is 4.68. The number of ether oxygens (including phenoxy) is 1. The largest absolute Gasteiger partial charge is 0.461 e. The molecular weight excluding hydrogens is 751 g/mol. The lowest BCUT2D eigenvalue weighted by atomic mass is 10.3. The Morgan fingerprint density at radius 3 is 1.82 bits per heavy atom. The zero-order valence-electron chi connectivity index (χ0n) is 7.59. The van der Waals surface area contributed by atoms with Gasteiger partial charge < -0.3 is 4.74 Å². The molecule has 1 nitrogen and oxygen atoms in total. The van der Waals surface area contributed by atoms with Gasteiger partial charge in [0, 0.05) is 8.95 Å². The highest BCUT2D eigenvalue weighted by Gasteiger charge is 2.46. The van der Waals surface area contributed by atoms with E-state index in [2.05, 4.69) is 127 Å². The topological polar surface area (TPSA) is 9.23 Å². The number of hydrogen-bond donors (Lipinski definition) is 0. The average molecular weight is 753 g/mol. The van der Waals surface area contributed by atoms with Crippen LogP contribution in [0.25, 0.3) is 0 Å². The summed E-state index contributed by atoms with van der Waals surface area (Å²) in [6.07, 6.45) is 0. The molecule has 17 heavy (non-hydrogen) atoms. The molecule has 0 spiro atoms. The highest BCUT2D eigenvalue weighted by atomic mass is 80.0. The van der Waals surface area contributed by atoms with Gasteiger partial charge in [0.25, 0.3) is 3.42 Å². The van der Waals surface area contributed by atoms with Crippen LogP contribution in [0.4, 0.5) is 0 Å². The van der Waals surface area contributed by atoms with Crippen LogP contribution in [0.2, 0.25) is 0 Å². The van der Waals surface area contributed by atoms with Crippen LogP contribution in [0, 0.1) is 0 Å². The molecule has 0 aliphatic heterocycles. The summed E-state index contributed by atoms with van der Waals surface area (Å²) in [6, 6.07) is 3.73. The molecule has 0 unspecified atom stereocenters. The standard InChI is InChI=1S/C8H2Br8O/c9-3-1-2-4(6(11)5(3)10)17-8(15,16)7(12,13)14/h1-2H. The third-order valence-electron chi connectivity index (χ3n) is 1.57. The van der Waals surface area contributed by atoms with E-state index in [1.807, 2.05) is 12.1 Å². The van der Waals surface area contributed by atoms with Crippen molar-refractivity contribution in [2.24, 2.45) is 0 Å². The van der Waals surface area contributed by atoms with E-state index in [0.29, 0.717) is 5.75 Å². The summed E-state index contributed by atoms with van der Waals surface area (Å²) in [7, 11) is 0. The Hall–Kier alpha value is 2.86. The van der Waals surface area contributed by atoms with Crippen LogP contribution in [-0.4, -0.2) is 5.56 Å². The molecule has 0 bridgehead atoms. The third-order valence-corrected chi connectivity index (χ3v) is 11.3. The summed E-state index contributed by atoms with van der Waals surface area (Å²) in [5.74, 6) is 0.663. The average Bonchev–Trinajstić information content (AvgIpc) is 2.17. The van der Waals surface area contributed by atoms with Gasteiger partial charge in [-0.15, -0.1) is 0 Å². The number of halogens is 8. The molecule has 0 aliphatic carbocycles. The molecule has 1 aromatic rings. The minimum Gasteiger partial charge on any atom is -0.461 e. The van der Waals surface area contributed by atoms with Crippen molar-refractivity contribution in [2.75, 3.05) is 0 Å². The van der Waals surface area contributed by atoms with Crippen LogP contribution in [0.5, 0.6) is 5.75 Å². The summed E-state index contributed by atoms with van der Waals surface area (Å²) in [5, 5.41) is 0. The Bertz CT molecular complexity index is 424. The van der Waals surface area contributed by atoms with E-state index in [-0.39, 0.29) is 0 Å². The molecule has 0 saturated carbocycles. The zero-order chi connectivity index (χ0) is 13.4. The number of alkyl halides is 5. The lowest BCUT2D eigenvalue weighted by molar-refractivity contribution is 0.283. The van der Waals surface area contributed by atoms with Crippen molar-refractivity contribution in [3.63, 3.8) is 0 Å². The van der Waals surface area contributed by atoms with E-state index in [1.165, 1.54) is 0 Å². The molecule has 96 valence electrons. The Balaban J connectivity index is 3.09. The fourth-order valence-electron chi connectivity index (χ4n) is 0.783. The van der Waals surface area contributed by atoms with Crippen LogP contribution in [0.1, 0.15) is 0 Å². The van der Waals surface area contributed by atoms with Gasteiger partial charge in [-0.2, -0.15) is 0 Å². The second-order valence-corrected chi connectivity index (χ2v) is 15.3. The molecule has 0 heterocycles. The van der Waals surface area contributed by atoms with Gasteiger partial charge in [-0.25, -0.2) is 0 Å². The van der Waals surface area contributed by atoms with E-state index >= 15 is 0 Å². The van der Waals surface area contributed by atoms with E-state index < -0.39 is 5.56 Å². The number of hydrogen-bond acceptors (Lipinski definition) is 1. The molecule has 0 amide bonds. The first-order valence-electron chi connectivity index (χ1n) is 3.83. The highest BCUT2D eigenvalue weighted by molar-refractivity contribution is 9.41. The molecule has 9 heteroatoms. The molecular formula is C8H2Br8O. The van der Waals surface area contributed by atoms with Crippen molar-refractivity contribution < 1.29 is 4.74 Å². The molecule has 0 fully saturated rings. The predicted octanol–water partition coefficient (Wildman–Crippen LogP) is 7.64. The fraction of sp³-hybridized carbons (Fsp3) is 0.250. The Labute approximate surface area is 166 Å². The highest BCUT2D eigenvalue weighted by Crippen LogP contribution is 2.54. The molecule has 0 aliphatic rings. The van der Waals surface area contributed by atoms with Crippen molar-refractivity contribution in [3.05, 3.63) is 25.6 Å². The van der Waals surface area contributed by atoms with Gasteiger partial charge in [-0.05, 0) is 91.8 Å². The van der Waals surface area contributed by atoms with Crippen molar-refractivity contribution in [2.45, 2.75) is 5.56 Å². The van der Waals surface area contributed by atoms with Gasteiger partial charge in [-0.1, -0.05) is 47.8 Å². The van der Waals surface area contributed by atoms with Gasteiger partial charge in [-0.3, -0.25) is 0 Å². The van der Waals surface area contributed by atoms with Gasteiger partial charge >= 0.3 is 0 Å². The van der Waals surface area contributed by atoms with E-state index in [4.69, 9.17) is 4.74 Å². The Morgan fingerprint density at radius 2 is 1.35 bits per heavy atom. The summed E-state index contributed by atoms with van der Waals surface area (Å²) in [6.45, 7) is 0. The first kappa shape index (κ1) is 17.9. The first-order valence-corrected chi connectivity index (χ1v) is 10.2. The van der Waals surface area contributed by atoms with Crippen molar-refractivity contribution >= 4 is 127 Å². The Morgan fingerprint density at radius 1 is 0.824 bits per heavy atom. The molecule has 1 rings (SSSR count). The lowest BCUT2D eigenvalue weighted by Gasteiger charge is -2.30. The second kappa shape index (κ2) is 6.75. The van der Waals surface area contributed by atoms with Crippen molar-refractivity contribution in [3.8, 4) is 5.75 Å². The maximum Gasteiger partial charge on any atom is 0.252 e. The van der Waals surface area contributed by atoms with Crippen LogP contribution >= 0.6 is 127 Å². The summed E-state index contributed by atoms with van der Waals surface area (Å²) < 4.78 is 6.92. The molecule has 0 aromatic heterocycles. The minimum absolute atomic E-state index is 0.663. The van der Waals surface area contributed by atoms with Gasteiger partial charge in [0.15, 0.2) is 2.14 Å². The van der Waals surface area contributed by atoms with E-state index in [9.17, 15) is 0 Å². The van der Waals surface area contributed by atoms with Crippen LogP contribution in [-0.2, 0) is 0 Å².